The van der Waals surface area contributed by atoms with Gasteiger partial charge in [0.15, 0.2) is 13.2 Å². The number of para-hydroxylation sites is 1. The molecule has 0 aliphatic carbocycles. The number of amides is 1. The smallest absolute Gasteiger partial charge is 0.344 e. The van der Waals surface area contributed by atoms with Gasteiger partial charge >= 0.3 is 5.97 Å². The average Bonchev–Trinajstić information content (AvgIpc) is 2.53. The van der Waals surface area contributed by atoms with Crippen LogP contribution in [-0.2, 0) is 14.3 Å². The molecule has 22 heavy (non-hydrogen) atoms. The number of carbonyl (C=O) groups excluding carboxylic acids is 2. The highest BCUT2D eigenvalue weighted by molar-refractivity contribution is 5.92. The van der Waals surface area contributed by atoms with E-state index in [4.69, 9.17) is 9.47 Å². The van der Waals surface area contributed by atoms with E-state index >= 15 is 0 Å². The van der Waals surface area contributed by atoms with Crippen LogP contribution in [0.2, 0.25) is 0 Å². The van der Waals surface area contributed by atoms with Crippen molar-refractivity contribution in [1.82, 2.24) is 0 Å². The lowest BCUT2D eigenvalue weighted by Crippen LogP contribution is -2.23. The minimum atomic E-state index is -0.594. The fourth-order valence-corrected chi connectivity index (χ4v) is 1.68. The van der Waals surface area contributed by atoms with Crippen LogP contribution in [0.15, 0.2) is 54.6 Å². The van der Waals surface area contributed by atoms with Crippen LogP contribution in [0.25, 0.3) is 0 Å². The maximum Gasteiger partial charge on any atom is 0.344 e. The summed E-state index contributed by atoms with van der Waals surface area (Å²) in [5.74, 6) is -0.407. The Morgan fingerprint density at radius 3 is 2.32 bits per heavy atom. The predicted octanol–water partition coefficient (Wildman–Crippen LogP) is 2.56. The lowest BCUT2D eigenvalue weighted by atomic mass is 10.2. The Morgan fingerprint density at radius 1 is 0.955 bits per heavy atom. The van der Waals surface area contributed by atoms with Crippen molar-refractivity contribution in [2.24, 2.45) is 0 Å². The summed E-state index contributed by atoms with van der Waals surface area (Å²) in [6.07, 6.45) is 0. The standard InChI is InChI=1S/C17H17NO4/c1-13-7-9-15(10-8-13)21-12-17(20)22-11-16(19)18-14-5-3-2-4-6-14/h2-10H,11-12H2,1H3,(H,18,19). The van der Waals surface area contributed by atoms with Crippen molar-refractivity contribution in [3.05, 3.63) is 60.2 Å². The number of ether oxygens (including phenoxy) is 2. The van der Waals surface area contributed by atoms with Gasteiger partial charge in [-0.3, -0.25) is 4.79 Å². The van der Waals surface area contributed by atoms with Crippen molar-refractivity contribution < 1.29 is 19.1 Å². The van der Waals surface area contributed by atoms with Crippen molar-refractivity contribution >= 4 is 17.6 Å². The van der Waals surface area contributed by atoms with Crippen LogP contribution in [0.5, 0.6) is 5.75 Å². The summed E-state index contributed by atoms with van der Waals surface area (Å²) in [4.78, 5) is 23.1. The summed E-state index contributed by atoms with van der Waals surface area (Å²) in [6, 6.07) is 16.3. The van der Waals surface area contributed by atoms with Gasteiger partial charge in [0.25, 0.3) is 5.91 Å². The van der Waals surface area contributed by atoms with E-state index in [9.17, 15) is 9.59 Å². The van der Waals surface area contributed by atoms with Crippen molar-refractivity contribution in [2.45, 2.75) is 6.92 Å². The summed E-state index contributed by atoms with van der Waals surface area (Å²) in [6.45, 7) is 1.38. The van der Waals surface area contributed by atoms with Crippen molar-refractivity contribution in [2.75, 3.05) is 18.5 Å². The second kappa shape index (κ2) is 7.83. The first-order chi connectivity index (χ1) is 10.6. The second-order valence-corrected chi connectivity index (χ2v) is 4.68. The van der Waals surface area contributed by atoms with Crippen molar-refractivity contribution in [1.29, 1.82) is 0 Å². The zero-order valence-corrected chi connectivity index (χ0v) is 12.2. The Bertz CT molecular complexity index is 623. The molecule has 0 fully saturated rings. The van der Waals surface area contributed by atoms with Gasteiger partial charge in [0, 0.05) is 5.69 Å². The molecule has 0 saturated carbocycles. The molecule has 0 spiro atoms. The molecule has 0 radical (unpaired) electrons. The first-order valence-corrected chi connectivity index (χ1v) is 6.83. The molecule has 2 aromatic rings. The number of carbonyl (C=O) groups is 2. The lowest BCUT2D eigenvalue weighted by molar-refractivity contribution is -0.149. The molecular formula is C17H17NO4. The number of nitrogens with one attached hydrogen (secondary N) is 1. The van der Waals surface area contributed by atoms with Crippen LogP contribution in [0.4, 0.5) is 5.69 Å². The molecule has 0 heterocycles. The number of aryl methyl sites for hydroxylation is 1. The minimum Gasteiger partial charge on any atom is -0.482 e. The molecule has 5 heteroatoms. The lowest BCUT2D eigenvalue weighted by Gasteiger charge is -2.08. The monoisotopic (exact) mass is 299 g/mol. The molecule has 0 aliphatic rings. The molecule has 114 valence electrons. The topological polar surface area (TPSA) is 64.6 Å². The van der Waals surface area contributed by atoms with Gasteiger partial charge in [-0.25, -0.2) is 4.79 Å². The quantitative estimate of drug-likeness (QED) is 0.833. The molecule has 0 saturated heterocycles. The molecule has 0 unspecified atom stereocenters. The zero-order valence-electron chi connectivity index (χ0n) is 12.2. The normalized spacial score (nSPS) is 9.86. The van der Waals surface area contributed by atoms with E-state index in [2.05, 4.69) is 5.32 Å². The molecule has 0 atom stereocenters. The molecule has 5 nitrogen and oxygen atoms in total. The fourth-order valence-electron chi connectivity index (χ4n) is 1.68. The van der Waals surface area contributed by atoms with Crippen LogP contribution in [-0.4, -0.2) is 25.1 Å². The highest BCUT2D eigenvalue weighted by atomic mass is 16.6. The van der Waals surface area contributed by atoms with Gasteiger partial charge in [-0.1, -0.05) is 35.9 Å². The number of hydrogen-bond acceptors (Lipinski definition) is 4. The van der Waals surface area contributed by atoms with E-state index in [-0.39, 0.29) is 13.2 Å². The molecule has 1 N–H and O–H groups in total. The number of esters is 1. The van der Waals surface area contributed by atoms with Crippen LogP contribution in [0.1, 0.15) is 5.56 Å². The van der Waals surface area contributed by atoms with E-state index in [0.717, 1.165) is 5.56 Å². The van der Waals surface area contributed by atoms with Gasteiger partial charge in [0.2, 0.25) is 0 Å². The van der Waals surface area contributed by atoms with Gasteiger partial charge in [0.1, 0.15) is 5.75 Å². The second-order valence-electron chi connectivity index (χ2n) is 4.68. The third-order valence-electron chi connectivity index (χ3n) is 2.80. The number of hydrogen-bond donors (Lipinski definition) is 1. The molecule has 0 bridgehead atoms. The van der Waals surface area contributed by atoms with E-state index in [1.807, 2.05) is 25.1 Å². The third-order valence-corrected chi connectivity index (χ3v) is 2.80. The van der Waals surface area contributed by atoms with Gasteiger partial charge in [-0.15, -0.1) is 0 Å². The Balaban J connectivity index is 1.69. The highest BCUT2D eigenvalue weighted by Gasteiger charge is 2.08. The summed E-state index contributed by atoms with van der Waals surface area (Å²) in [5, 5.41) is 2.62. The highest BCUT2D eigenvalue weighted by Crippen LogP contribution is 2.11. The average molecular weight is 299 g/mol. The van der Waals surface area contributed by atoms with Gasteiger partial charge in [-0.05, 0) is 31.2 Å². The maximum atomic E-state index is 11.6. The van der Waals surface area contributed by atoms with Crippen molar-refractivity contribution in [3.8, 4) is 5.75 Å². The molecule has 2 rings (SSSR count). The van der Waals surface area contributed by atoms with E-state index < -0.39 is 11.9 Å². The van der Waals surface area contributed by atoms with Gasteiger partial charge in [-0.2, -0.15) is 0 Å². The van der Waals surface area contributed by atoms with Crippen LogP contribution in [0.3, 0.4) is 0 Å². The molecule has 2 aromatic carbocycles. The first-order valence-electron chi connectivity index (χ1n) is 6.83. The number of benzene rings is 2. The Hall–Kier alpha value is -2.82. The molecular weight excluding hydrogens is 282 g/mol. The Kier molecular flexibility index (Phi) is 5.54. The maximum absolute atomic E-state index is 11.6. The molecule has 0 aliphatic heterocycles. The Morgan fingerprint density at radius 2 is 1.64 bits per heavy atom. The number of rotatable bonds is 6. The van der Waals surface area contributed by atoms with E-state index in [1.165, 1.54) is 0 Å². The van der Waals surface area contributed by atoms with Gasteiger partial charge in [0.05, 0.1) is 0 Å². The van der Waals surface area contributed by atoms with E-state index in [0.29, 0.717) is 11.4 Å². The summed E-state index contributed by atoms with van der Waals surface area (Å²) < 4.78 is 10.1. The van der Waals surface area contributed by atoms with Crippen LogP contribution >= 0.6 is 0 Å². The Labute approximate surface area is 128 Å². The van der Waals surface area contributed by atoms with Gasteiger partial charge < -0.3 is 14.8 Å². The minimum absolute atomic E-state index is 0.234. The SMILES string of the molecule is Cc1ccc(OCC(=O)OCC(=O)Nc2ccccc2)cc1. The number of anilines is 1. The third kappa shape index (κ3) is 5.28. The zero-order chi connectivity index (χ0) is 15.8. The fraction of sp³-hybridized carbons (Fsp3) is 0.176. The largest absolute Gasteiger partial charge is 0.482 e. The summed E-state index contributed by atoms with van der Waals surface area (Å²) >= 11 is 0. The van der Waals surface area contributed by atoms with E-state index in [1.54, 1.807) is 36.4 Å². The van der Waals surface area contributed by atoms with Crippen molar-refractivity contribution in [3.63, 3.8) is 0 Å². The molecule has 0 aromatic heterocycles. The summed E-state index contributed by atoms with van der Waals surface area (Å²) in [7, 11) is 0. The molecule has 1 amide bonds. The van der Waals surface area contributed by atoms with Crippen LogP contribution in [0, 0.1) is 6.92 Å². The summed E-state index contributed by atoms with van der Waals surface area (Å²) in [5.41, 5.74) is 1.76. The first kappa shape index (κ1) is 15.6. The van der Waals surface area contributed by atoms with Crippen LogP contribution < -0.4 is 10.1 Å². The predicted molar refractivity (Wildman–Crippen MR) is 82.7 cm³/mol.